The molecule has 0 aromatic carbocycles. The summed E-state index contributed by atoms with van der Waals surface area (Å²) in [5.41, 5.74) is 0. The number of ether oxygens (including phenoxy) is 1. The van der Waals surface area contributed by atoms with Crippen LogP contribution < -0.4 is 5.32 Å². The van der Waals surface area contributed by atoms with E-state index in [0.717, 1.165) is 38.5 Å². The average molecular weight is 516 g/mol. The molecule has 0 fully saturated rings. The first-order valence-electron chi connectivity index (χ1n) is 12.1. The predicted molar refractivity (Wildman–Crippen MR) is 137 cm³/mol. The maximum atomic E-state index is 11.7. The number of esters is 1. The van der Waals surface area contributed by atoms with Gasteiger partial charge in [0, 0.05) is 19.9 Å². The topological polar surface area (TPSA) is 131 Å². The molecule has 0 bridgehead atoms. The Morgan fingerprint density at radius 1 is 0.914 bits per heavy atom. The number of hydrogen-bond donors (Lipinski definition) is 3. The lowest BCUT2D eigenvalue weighted by molar-refractivity contribution is -0.147. The van der Waals surface area contributed by atoms with Gasteiger partial charge in [0.2, 0.25) is 5.91 Å². The van der Waals surface area contributed by atoms with E-state index in [1.807, 2.05) is 0 Å². The van der Waals surface area contributed by atoms with E-state index >= 15 is 0 Å². The molecule has 3 N–H and O–H groups in total. The van der Waals surface area contributed by atoms with Crippen molar-refractivity contribution in [3.05, 3.63) is 48.6 Å². The fourth-order valence-electron chi connectivity index (χ4n) is 2.54. The SMILES string of the molecule is CC/C=C\C/C=C\C/C=C\C/C=C\CCCCC(=O)OCC(O)COP(=O)(O)OCCNC(C)=O. The van der Waals surface area contributed by atoms with Crippen LogP contribution in [0.1, 0.15) is 65.2 Å². The highest BCUT2D eigenvalue weighted by Gasteiger charge is 2.23. The Balaban J connectivity index is 3.73. The van der Waals surface area contributed by atoms with Crippen molar-refractivity contribution in [3.8, 4) is 0 Å². The molecule has 200 valence electrons. The number of aliphatic hydroxyl groups is 1. The van der Waals surface area contributed by atoms with E-state index in [4.69, 9.17) is 4.74 Å². The lowest BCUT2D eigenvalue weighted by Crippen LogP contribution is -2.25. The van der Waals surface area contributed by atoms with Crippen molar-refractivity contribution in [3.63, 3.8) is 0 Å². The Morgan fingerprint density at radius 3 is 2.11 bits per heavy atom. The van der Waals surface area contributed by atoms with E-state index < -0.39 is 26.5 Å². The third-order valence-corrected chi connectivity index (χ3v) is 5.30. The molecule has 0 spiro atoms. The number of rotatable bonds is 21. The fourth-order valence-corrected chi connectivity index (χ4v) is 3.30. The molecular formula is C25H42NO8P. The molecule has 0 aromatic rings. The van der Waals surface area contributed by atoms with E-state index in [1.54, 1.807) is 0 Å². The van der Waals surface area contributed by atoms with Crippen LogP contribution in [-0.4, -0.2) is 54.3 Å². The van der Waals surface area contributed by atoms with Gasteiger partial charge in [-0.2, -0.15) is 0 Å². The van der Waals surface area contributed by atoms with Gasteiger partial charge in [0.05, 0.1) is 13.2 Å². The number of amides is 1. The van der Waals surface area contributed by atoms with Crippen LogP contribution in [0.3, 0.4) is 0 Å². The summed E-state index contributed by atoms with van der Waals surface area (Å²) in [7, 11) is -4.37. The lowest BCUT2D eigenvalue weighted by atomic mass is 10.2. The van der Waals surface area contributed by atoms with Crippen LogP contribution in [0.15, 0.2) is 48.6 Å². The maximum absolute atomic E-state index is 11.7. The molecule has 1 amide bonds. The molecule has 0 saturated heterocycles. The number of phosphoric acid groups is 1. The number of phosphoric ester groups is 1. The minimum absolute atomic E-state index is 0.0473. The summed E-state index contributed by atoms with van der Waals surface area (Å²) < 4.78 is 25.9. The van der Waals surface area contributed by atoms with Crippen LogP contribution in [0.5, 0.6) is 0 Å². The molecule has 0 saturated carbocycles. The lowest BCUT2D eigenvalue weighted by Gasteiger charge is -2.15. The summed E-state index contributed by atoms with van der Waals surface area (Å²) in [5.74, 6) is -0.748. The Kier molecular flexibility index (Phi) is 21.1. The highest BCUT2D eigenvalue weighted by Crippen LogP contribution is 2.42. The molecule has 0 heterocycles. The van der Waals surface area contributed by atoms with Crippen molar-refractivity contribution in [2.75, 3.05) is 26.4 Å². The third-order valence-electron chi connectivity index (χ3n) is 4.32. The van der Waals surface area contributed by atoms with Gasteiger partial charge in [-0.3, -0.25) is 18.6 Å². The predicted octanol–water partition coefficient (Wildman–Crippen LogP) is 4.53. The number of carbonyl (C=O) groups excluding carboxylic acids is 2. The van der Waals surface area contributed by atoms with Gasteiger partial charge in [-0.25, -0.2) is 4.57 Å². The Hall–Kier alpha value is -2.03. The van der Waals surface area contributed by atoms with Crippen LogP contribution in [0, 0.1) is 0 Å². The summed E-state index contributed by atoms with van der Waals surface area (Å²) in [6.07, 6.45) is 22.3. The minimum Gasteiger partial charge on any atom is -0.463 e. The zero-order chi connectivity index (χ0) is 26.2. The number of aliphatic hydroxyl groups excluding tert-OH is 1. The van der Waals surface area contributed by atoms with E-state index in [-0.39, 0.29) is 32.1 Å². The summed E-state index contributed by atoms with van der Waals surface area (Å²) in [6, 6.07) is 0. The van der Waals surface area contributed by atoms with Gasteiger partial charge in [-0.15, -0.1) is 0 Å². The van der Waals surface area contributed by atoms with Crippen molar-refractivity contribution in [2.45, 2.75) is 71.3 Å². The quantitative estimate of drug-likeness (QED) is 0.0880. The standard InChI is InChI=1S/C25H42NO8P/c1-3-4-5-6-7-8-9-10-11-12-13-14-15-16-17-18-25(29)32-21-24(28)22-34-35(30,31)33-20-19-26-23(2)27/h4-5,7-8,10-11,13-14,24,28H,3,6,9,12,15-22H2,1-2H3,(H,26,27)(H,30,31)/b5-4-,8-7-,11-10-,14-13-. The van der Waals surface area contributed by atoms with E-state index in [9.17, 15) is 24.2 Å². The van der Waals surface area contributed by atoms with Gasteiger partial charge in [0.1, 0.15) is 12.7 Å². The molecule has 2 atom stereocenters. The monoisotopic (exact) mass is 515 g/mol. The molecule has 2 unspecified atom stereocenters. The third kappa shape index (κ3) is 24.9. The molecule has 0 aliphatic heterocycles. The van der Waals surface area contributed by atoms with Crippen LogP contribution >= 0.6 is 7.82 Å². The Bertz CT molecular complexity index is 733. The number of allylic oxidation sites excluding steroid dienone is 8. The zero-order valence-corrected chi connectivity index (χ0v) is 21.9. The molecule has 0 aliphatic carbocycles. The summed E-state index contributed by atoms with van der Waals surface area (Å²) in [6.45, 7) is 2.37. The van der Waals surface area contributed by atoms with Crippen LogP contribution in [-0.2, 0) is 27.9 Å². The second-order valence-electron chi connectivity index (χ2n) is 7.66. The summed E-state index contributed by atoms with van der Waals surface area (Å²) in [4.78, 5) is 31.9. The van der Waals surface area contributed by atoms with Crippen molar-refractivity contribution in [1.82, 2.24) is 5.32 Å². The Labute approximate surface area is 209 Å². The van der Waals surface area contributed by atoms with Crippen LogP contribution in [0.2, 0.25) is 0 Å². The minimum atomic E-state index is -4.37. The second-order valence-corrected chi connectivity index (χ2v) is 9.12. The molecule has 0 aromatic heterocycles. The van der Waals surface area contributed by atoms with Crippen molar-refractivity contribution in [1.29, 1.82) is 0 Å². The van der Waals surface area contributed by atoms with Crippen molar-refractivity contribution in [2.24, 2.45) is 0 Å². The molecule has 9 nitrogen and oxygen atoms in total. The fraction of sp³-hybridized carbons (Fsp3) is 0.600. The molecule has 0 aliphatic rings. The molecule has 0 radical (unpaired) electrons. The van der Waals surface area contributed by atoms with E-state index in [2.05, 4.69) is 69.9 Å². The van der Waals surface area contributed by atoms with Gasteiger partial charge in [-0.05, 0) is 44.9 Å². The molecule has 0 rings (SSSR count). The van der Waals surface area contributed by atoms with Gasteiger partial charge in [0.15, 0.2) is 0 Å². The summed E-state index contributed by atoms with van der Waals surface area (Å²) >= 11 is 0. The first-order valence-corrected chi connectivity index (χ1v) is 13.6. The smallest absolute Gasteiger partial charge is 0.463 e. The molecular weight excluding hydrogens is 473 g/mol. The van der Waals surface area contributed by atoms with Gasteiger partial charge in [-0.1, -0.05) is 55.5 Å². The Morgan fingerprint density at radius 2 is 1.51 bits per heavy atom. The number of unbranched alkanes of at least 4 members (excludes halogenated alkanes) is 2. The van der Waals surface area contributed by atoms with Gasteiger partial charge >= 0.3 is 13.8 Å². The van der Waals surface area contributed by atoms with Crippen LogP contribution in [0.4, 0.5) is 0 Å². The molecule has 35 heavy (non-hydrogen) atoms. The van der Waals surface area contributed by atoms with Gasteiger partial charge < -0.3 is 20.1 Å². The summed E-state index contributed by atoms with van der Waals surface area (Å²) in [5, 5.41) is 12.1. The van der Waals surface area contributed by atoms with Gasteiger partial charge in [0.25, 0.3) is 0 Å². The number of carbonyl (C=O) groups is 2. The first kappa shape index (κ1) is 33.0. The van der Waals surface area contributed by atoms with E-state index in [1.165, 1.54) is 6.92 Å². The van der Waals surface area contributed by atoms with Crippen molar-refractivity contribution < 1.29 is 37.9 Å². The molecule has 10 heteroatoms. The number of nitrogens with one attached hydrogen (secondary N) is 1. The van der Waals surface area contributed by atoms with E-state index in [0.29, 0.717) is 6.42 Å². The average Bonchev–Trinajstić information content (AvgIpc) is 2.81. The highest BCUT2D eigenvalue weighted by molar-refractivity contribution is 7.47. The normalized spacial score (nSPS) is 14.7. The largest absolute Gasteiger partial charge is 0.472 e. The first-order chi connectivity index (χ1) is 16.8. The second kappa shape index (κ2) is 22.4. The van der Waals surface area contributed by atoms with Crippen molar-refractivity contribution >= 4 is 19.7 Å². The zero-order valence-electron chi connectivity index (χ0n) is 21.0. The number of hydrogen-bond acceptors (Lipinski definition) is 7. The highest BCUT2D eigenvalue weighted by atomic mass is 31.2. The maximum Gasteiger partial charge on any atom is 0.472 e. The van der Waals surface area contributed by atoms with Crippen LogP contribution in [0.25, 0.3) is 0 Å².